The van der Waals surface area contributed by atoms with E-state index < -0.39 is 0 Å². The molecule has 0 N–H and O–H groups in total. The van der Waals surface area contributed by atoms with Crippen LogP contribution in [0.1, 0.15) is 61.1 Å². The number of amides is 1. The van der Waals surface area contributed by atoms with Crippen molar-refractivity contribution in [2.75, 3.05) is 26.2 Å². The third-order valence-electron chi connectivity index (χ3n) is 7.18. The lowest BCUT2D eigenvalue weighted by Gasteiger charge is -2.30. The highest BCUT2D eigenvalue weighted by atomic mass is 16.2. The average Bonchev–Trinajstić information content (AvgIpc) is 3.55. The van der Waals surface area contributed by atoms with Gasteiger partial charge in [0.1, 0.15) is 0 Å². The highest BCUT2D eigenvalue weighted by Crippen LogP contribution is 2.35. The number of carbonyl (C=O) groups is 1. The van der Waals surface area contributed by atoms with Crippen LogP contribution in [0.2, 0.25) is 0 Å². The number of terminal acetylenes is 1. The smallest absolute Gasteiger partial charge is 0.253 e. The lowest BCUT2D eigenvalue weighted by Crippen LogP contribution is -2.37. The summed E-state index contributed by atoms with van der Waals surface area (Å²) in [7, 11) is 0. The average molecular weight is 406 g/mol. The molecule has 4 nitrogen and oxygen atoms in total. The molecule has 1 aromatic heterocycles. The maximum atomic E-state index is 13.1. The summed E-state index contributed by atoms with van der Waals surface area (Å²) in [5.41, 5.74) is 5.16. The molecule has 3 aliphatic rings. The Labute approximate surface area is 181 Å². The minimum absolute atomic E-state index is 0.220. The Morgan fingerprint density at radius 1 is 1.10 bits per heavy atom. The predicted octanol–water partition coefficient (Wildman–Crippen LogP) is 4.55. The van der Waals surface area contributed by atoms with Crippen LogP contribution in [0.25, 0.3) is 10.9 Å². The first-order chi connectivity index (χ1) is 14.6. The molecule has 0 atom stereocenters. The predicted molar refractivity (Wildman–Crippen MR) is 124 cm³/mol. The van der Waals surface area contributed by atoms with Crippen LogP contribution in [0.3, 0.4) is 0 Å². The van der Waals surface area contributed by atoms with Gasteiger partial charge in [-0.05, 0) is 68.2 Å². The summed E-state index contributed by atoms with van der Waals surface area (Å²) in [6.07, 6.45) is 14.2. The Balaban J connectivity index is 0.00000106. The first kappa shape index (κ1) is 21.0. The standard InChI is InChI=1S/C24H33N3O.C2H2/c1-3-27-22-7-6-19(24(28)26-12-8-17(2)9-13-26)14-20(22)21-16-25(11-10-23(21)27)15-18-4-5-18;1-2/h6-7,14,17-18H,3-5,8-13,15-16H2,1-2H3;1-2H. The van der Waals surface area contributed by atoms with Crippen LogP contribution >= 0.6 is 0 Å². The molecule has 30 heavy (non-hydrogen) atoms. The number of aromatic nitrogens is 1. The van der Waals surface area contributed by atoms with Crippen molar-refractivity contribution in [1.82, 2.24) is 14.4 Å². The van der Waals surface area contributed by atoms with Gasteiger partial charge in [-0.15, -0.1) is 12.8 Å². The van der Waals surface area contributed by atoms with E-state index in [-0.39, 0.29) is 5.91 Å². The number of benzene rings is 1. The van der Waals surface area contributed by atoms with E-state index in [1.165, 1.54) is 48.1 Å². The molecular formula is C26H35N3O. The minimum Gasteiger partial charge on any atom is -0.344 e. The van der Waals surface area contributed by atoms with Gasteiger partial charge in [-0.1, -0.05) is 6.92 Å². The van der Waals surface area contributed by atoms with Crippen molar-refractivity contribution in [3.63, 3.8) is 0 Å². The van der Waals surface area contributed by atoms with Crippen molar-refractivity contribution in [3.05, 3.63) is 35.0 Å². The first-order valence-electron chi connectivity index (χ1n) is 11.6. The zero-order valence-electron chi connectivity index (χ0n) is 18.6. The number of hydrogen-bond acceptors (Lipinski definition) is 2. The minimum atomic E-state index is 0.220. The number of carbonyl (C=O) groups excluding carboxylic acids is 1. The topological polar surface area (TPSA) is 28.5 Å². The van der Waals surface area contributed by atoms with Gasteiger partial charge in [0.15, 0.2) is 0 Å². The SMILES string of the molecule is C#C.CCn1c2c(c3cc(C(=O)N4CCC(C)CC4)ccc31)CN(CC1CC1)CC2. The summed E-state index contributed by atoms with van der Waals surface area (Å²) in [6, 6.07) is 6.45. The number of rotatable bonds is 4. The van der Waals surface area contributed by atoms with E-state index in [2.05, 4.69) is 59.3 Å². The Bertz CT molecular complexity index is 929. The van der Waals surface area contributed by atoms with Gasteiger partial charge >= 0.3 is 0 Å². The zero-order chi connectivity index (χ0) is 21.3. The van der Waals surface area contributed by atoms with Crippen LogP contribution in [0.4, 0.5) is 0 Å². The molecule has 160 valence electrons. The van der Waals surface area contributed by atoms with E-state index in [9.17, 15) is 4.79 Å². The largest absolute Gasteiger partial charge is 0.344 e. The summed E-state index contributed by atoms with van der Waals surface area (Å²) in [6.45, 7) is 10.8. The molecule has 2 aromatic rings. The number of likely N-dealkylation sites (tertiary alicyclic amines) is 1. The Kier molecular flexibility index (Phi) is 6.20. The second-order valence-electron chi connectivity index (χ2n) is 9.30. The maximum Gasteiger partial charge on any atom is 0.253 e. The fourth-order valence-electron chi connectivity index (χ4n) is 5.22. The quantitative estimate of drug-likeness (QED) is 0.698. The number of aryl methyl sites for hydroxylation is 1. The highest BCUT2D eigenvalue weighted by Gasteiger charge is 2.29. The summed E-state index contributed by atoms with van der Waals surface area (Å²) < 4.78 is 2.48. The molecule has 0 spiro atoms. The monoisotopic (exact) mass is 405 g/mol. The third-order valence-corrected chi connectivity index (χ3v) is 7.18. The van der Waals surface area contributed by atoms with Gasteiger partial charge in [0.25, 0.3) is 5.91 Å². The molecule has 1 amide bonds. The molecule has 4 heteroatoms. The van der Waals surface area contributed by atoms with Gasteiger partial charge in [0.2, 0.25) is 0 Å². The van der Waals surface area contributed by atoms with Crippen molar-refractivity contribution >= 4 is 16.8 Å². The van der Waals surface area contributed by atoms with Gasteiger partial charge < -0.3 is 9.47 Å². The van der Waals surface area contributed by atoms with Gasteiger partial charge in [-0.2, -0.15) is 0 Å². The summed E-state index contributed by atoms with van der Waals surface area (Å²) in [4.78, 5) is 17.8. The summed E-state index contributed by atoms with van der Waals surface area (Å²) in [5, 5.41) is 1.31. The molecule has 0 radical (unpaired) electrons. The number of nitrogens with zero attached hydrogens (tertiary/aromatic N) is 3. The molecule has 1 saturated heterocycles. The Hall–Kier alpha value is -2.25. The maximum absolute atomic E-state index is 13.1. The van der Waals surface area contributed by atoms with Crippen LogP contribution in [0, 0.1) is 24.7 Å². The molecule has 0 unspecified atom stereocenters. The van der Waals surface area contributed by atoms with E-state index in [4.69, 9.17) is 0 Å². The van der Waals surface area contributed by atoms with E-state index in [1.54, 1.807) is 0 Å². The number of piperidine rings is 1. The fourth-order valence-corrected chi connectivity index (χ4v) is 5.22. The molecule has 2 fully saturated rings. The lowest BCUT2D eigenvalue weighted by atomic mass is 9.98. The van der Waals surface area contributed by atoms with Crippen LogP contribution in [0.15, 0.2) is 18.2 Å². The molecular weight excluding hydrogens is 370 g/mol. The fraction of sp³-hybridized carbons (Fsp3) is 0.577. The van der Waals surface area contributed by atoms with Gasteiger partial charge in [-0.3, -0.25) is 9.69 Å². The molecule has 1 aromatic carbocycles. The molecule has 1 saturated carbocycles. The van der Waals surface area contributed by atoms with Crippen molar-refractivity contribution in [2.24, 2.45) is 11.8 Å². The van der Waals surface area contributed by atoms with Gasteiger partial charge in [-0.25, -0.2) is 0 Å². The van der Waals surface area contributed by atoms with Crippen molar-refractivity contribution in [2.45, 2.75) is 59.0 Å². The molecule has 2 aliphatic heterocycles. The van der Waals surface area contributed by atoms with Gasteiger partial charge in [0.05, 0.1) is 0 Å². The van der Waals surface area contributed by atoms with E-state index in [0.717, 1.165) is 62.8 Å². The Morgan fingerprint density at radius 2 is 1.83 bits per heavy atom. The van der Waals surface area contributed by atoms with Crippen LogP contribution < -0.4 is 0 Å². The number of fused-ring (bicyclic) bond motifs is 3. The summed E-state index contributed by atoms with van der Waals surface area (Å²) in [5.74, 6) is 1.90. The molecule has 1 aliphatic carbocycles. The zero-order valence-corrected chi connectivity index (χ0v) is 18.6. The molecule has 0 bridgehead atoms. The van der Waals surface area contributed by atoms with E-state index in [0.29, 0.717) is 0 Å². The van der Waals surface area contributed by atoms with E-state index in [1.807, 2.05) is 0 Å². The van der Waals surface area contributed by atoms with Crippen LogP contribution in [-0.2, 0) is 19.5 Å². The first-order valence-corrected chi connectivity index (χ1v) is 11.6. The highest BCUT2D eigenvalue weighted by molar-refractivity contribution is 5.99. The normalized spacial score (nSPS) is 19.9. The Morgan fingerprint density at radius 3 is 2.50 bits per heavy atom. The number of hydrogen-bond donors (Lipinski definition) is 0. The van der Waals surface area contributed by atoms with Crippen LogP contribution in [0.5, 0.6) is 0 Å². The summed E-state index contributed by atoms with van der Waals surface area (Å²) >= 11 is 0. The molecule has 3 heterocycles. The van der Waals surface area contributed by atoms with Crippen molar-refractivity contribution in [3.8, 4) is 12.8 Å². The van der Waals surface area contributed by atoms with E-state index >= 15 is 0 Å². The second kappa shape index (κ2) is 8.86. The van der Waals surface area contributed by atoms with Crippen LogP contribution in [-0.4, -0.2) is 46.5 Å². The second-order valence-corrected chi connectivity index (χ2v) is 9.30. The van der Waals surface area contributed by atoms with Gasteiger partial charge in [0, 0.05) is 67.8 Å². The van der Waals surface area contributed by atoms with Crippen molar-refractivity contribution in [1.29, 1.82) is 0 Å². The van der Waals surface area contributed by atoms with Crippen molar-refractivity contribution < 1.29 is 4.79 Å². The molecule has 5 rings (SSSR count). The third kappa shape index (κ3) is 4.01. The lowest BCUT2D eigenvalue weighted by molar-refractivity contribution is 0.0697.